The second-order valence-electron chi connectivity index (χ2n) is 5.56. The molecule has 1 amide bonds. The van der Waals surface area contributed by atoms with Gasteiger partial charge in [0.2, 0.25) is 5.91 Å². The average molecular weight is 320 g/mol. The molecule has 1 atom stereocenters. The fraction of sp³-hybridized carbons (Fsp3) is 0.333. The number of benzene rings is 1. The van der Waals surface area contributed by atoms with Crippen molar-refractivity contribution >= 4 is 26.6 Å². The standard InChI is InChI=1S/C15H16N2O4S/c18-14(16-12-5-6-22(20,21)9-12)8-11-7-10-3-1-2-4-13(10)17-15(11)19/h1-4,7,12H,5-6,8-9H2,(H,16,18)(H,17,19). The Balaban J connectivity index is 1.74. The summed E-state index contributed by atoms with van der Waals surface area (Å²) in [4.78, 5) is 26.7. The van der Waals surface area contributed by atoms with Gasteiger partial charge in [0.1, 0.15) is 0 Å². The molecular weight excluding hydrogens is 304 g/mol. The average Bonchev–Trinajstić information content (AvgIpc) is 2.78. The van der Waals surface area contributed by atoms with Crippen molar-refractivity contribution in [2.75, 3.05) is 11.5 Å². The number of fused-ring (bicyclic) bond motifs is 1. The summed E-state index contributed by atoms with van der Waals surface area (Å²) in [7, 11) is -3.03. The van der Waals surface area contributed by atoms with Gasteiger partial charge in [-0.25, -0.2) is 8.42 Å². The third-order valence-corrected chi connectivity index (χ3v) is 5.55. The van der Waals surface area contributed by atoms with Crippen LogP contribution in [0.3, 0.4) is 0 Å². The van der Waals surface area contributed by atoms with Gasteiger partial charge >= 0.3 is 0 Å². The number of rotatable bonds is 3. The first-order valence-corrected chi connectivity index (χ1v) is 8.86. The zero-order chi connectivity index (χ0) is 15.7. The van der Waals surface area contributed by atoms with E-state index in [1.54, 1.807) is 12.1 Å². The highest BCUT2D eigenvalue weighted by molar-refractivity contribution is 7.91. The summed E-state index contributed by atoms with van der Waals surface area (Å²) in [6.45, 7) is 0. The summed E-state index contributed by atoms with van der Waals surface area (Å²) in [5.41, 5.74) is 0.795. The molecule has 2 N–H and O–H groups in total. The summed E-state index contributed by atoms with van der Waals surface area (Å²) in [5, 5.41) is 3.54. The lowest BCUT2D eigenvalue weighted by atomic mass is 10.1. The van der Waals surface area contributed by atoms with Gasteiger partial charge in [0.15, 0.2) is 9.84 Å². The van der Waals surface area contributed by atoms with Crippen molar-refractivity contribution in [2.45, 2.75) is 18.9 Å². The molecule has 0 aliphatic carbocycles. The van der Waals surface area contributed by atoms with E-state index in [1.165, 1.54) is 0 Å². The van der Waals surface area contributed by atoms with Gasteiger partial charge in [0.05, 0.1) is 17.9 Å². The molecule has 3 rings (SSSR count). The predicted octanol–water partition coefficient (Wildman–Crippen LogP) is 0.374. The molecule has 1 aliphatic heterocycles. The summed E-state index contributed by atoms with van der Waals surface area (Å²) in [6, 6.07) is 8.68. The SMILES string of the molecule is O=C(Cc1cc2ccccc2[nH]c1=O)NC1CCS(=O)(=O)C1. The molecule has 2 aromatic rings. The number of para-hydroxylation sites is 1. The molecule has 22 heavy (non-hydrogen) atoms. The van der Waals surface area contributed by atoms with Gasteiger partial charge in [-0.3, -0.25) is 9.59 Å². The fourth-order valence-electron chi connectivity index (χ4n) is 2.68. The maximum absolute atomic E-state index is 12.0. The molecule has 7 heteroatoms. The van der Waals surface area contributed by atoms with E-state index in [9.17, 15) is 18.0 Å². The van der Waals surface area contributed by atoms with Crippen molar-refractivity contribution < 1.29 is 13.2 Å². The highest BCUT2D eigenvalue weighted by atomic mass is 32.2. The van der Waals surface area contributed by atoms with Crippen molar-refractivity contribution in [3.63, 3.8) is 0 Å². The highest BCUT2D eigenvalue weighted by Gasteiger charge is 2.28. The van der Waals surface area contributed by atoms with E-state index in [-0.39, 0.29) is 35.4 Å². The Morgan fingerprint density at radius 1 is 1.32 bits per heavy atom. The van der Waals surface area contributed by atoms with Gasteiger partial charge < -0.3 is 10.3 Å². The number of sulfone groups is 1. The molecule has 0 radical (unpaired) electrons. The number of amides is 1. The van der Waals surface area contributed by atoms with Crippen molar-refractivity contribution in [1.82, 2.24) is 10.3 Å². The molecule has 1 unspecified atom stereocenters. The number of carbonyl (C=O) groups is 1. The van der Waals surface area contributed by atoms with E-state index in [4.69, 9.17) is 0 Å². The normalized spacial score (nSPS) is 20.1. The highest BCUT2D eigenvalue weighted by Crippen LogP contribution is 2.12. The predicted molar refractivity (Wildman–Crippen MR) is 83.5 cm³/mol. The van der Waals surface area contributed by atoms with Gasteiger partial charge in [-0.15, -0.1) is 0 Å². The first kappa shape index (κ1) is 14.8. The Labute approximate surface area is 127 Å². The molecule has 0 saturated carbocycles. The van der Waals surface area contributed by atoms with Crippen LogP contribution in [0.2, 0.25) is 0 Å². The fourth-order valence-corrected chi connectivity index (χ4v) is 4.36. The monoisotopic (exact) mass is 320 g/mol. The van der Waals surface area contributed by atoms with Crippen LogP contribution in [0, 0.1) is 0 Å². The first-order chi connectivity index (χ1) is 10.4. The van der Waals surface area contributed by atoms with Crippen LogP contribution < -0.4 is 10.9 Å². The van der Waals surface area contributed by atoms with Crippen LogP contribution in [0.25, 0.3) is 10.9 Å². The largest absolute Gasteiger partial charge is 0.352 e. The van der Waals surface area contributed by atoms with Crippen LogP contribution >= 0.6 is 0 Å². The van der Waals surface area contributed by atoms with Crippen molar-refractivity contribution in [1.29, 1.82) is 0 Å². The minimum Gasteiger partial charge on any atom is -0.352 e. The number of hydrogen-bond donors (Lipinski definition) is 2. The van der Waals surface area contributed by atoms with Crippen LogP contribution in [0.4, 0.5) is 0 Å². The van der Waals surface area contributed by atoms with E-state index < -0.39 is 9.84 Å². The Hall–Kier alpha value is -2.15. The molecule has 0 bridgehead atoms. The lowest BCUT2D eigenvalue weighted by Gasteiger charge is -2.10. The van der Waals surface area contributed by atoms with Crippen molar-refractivity contribution in [3.8, 4) is 0 Å². The number of aromatic nitrogens is 1. The lowest BCUT2D eigenvalue weighted by molar-refractivity contribution is -0.121. The molecule has 1 fully saturated rings. The summed E-state index contributed by atoms with van der Waals surface area (Å²) >= 11 is 0. The van der Waals surface area contributed by atoms with Gasteiger partial charge in [-0.1, -0.05) is 18.2 Å². The molecule has 1 aromatic carbocycles. The molecule has 1 aromatic heterocycles. The third-order valence-electron chi connectivity index (χ3n) is 3.78. The van der Waals surface area contributed by atoms with E-state index in [2.05, 4.69) is 10.3 Å². The molecule has 0 spiro atoms. The van der Waals surface area contributed by atoms with Gasteiger partial charge in [0.25, 0.3) is 5.56 Å². The zero-order valence-corrected chi connectivity index (χ0v) is 12.7. The van der Waals surface area contributed by atoms with Crippen LogP contribution in [0.1, 0.15) is 12.0 Å². The van der Waals surface area contributed by atoms with Crippen LogP contribution in [-0.2, 0) is 21.1 Å². The Bertz CT molecular complexity index is 886. The smallest absolute Gasteiger partial charge is 0.252 e. The number of aromatic amines is 1. The quantitative estimate of drug-likeness (QED) is 0.854. The second-order valence-corrected chi connectivity index (χ2v) is 7.78. The van der Waals surface area contributed by atoms with E-state index in [0.717, 1.165) is 10.9 Å². The summed E-state index contributed by atoms with van der Waals surface area (Å²) in [6.07, 6.45) is 0.374. The van der Waals surface area contributed by atoms with E-state index in [0.29, 0.717) is 12.0 Å². The lowest BCUT2D eigenvalue weighted by Crippen LogP contribution is -2.37. The zero-order valence-electron chi connectivity index (χ0n) is 11.8. The summed E-state index contributed by atoms with van der Waals surface area (Å²) < 4.78 is 22.8. The van der Waals surface area contributed by atoms with Crippen LogP contribution in [0.15, 0.2) is 35.1 Å². The van der Waals surface area contributed by atoms with Crippen LogP contribution in [-0.4, -0.2) is 36.9 Å². The summed E-state index contributed by atoms with van der Waals surface area (Å²) in [5.74, 6) is -0.246. The Morgan fingerprint density at radius 2 is 2.09 bits per heavy atom. The molecule has 116 valence electrons. The number of pyridine rings is 1. The minimum atomic E-state index is -3.03. The number of carbonyl (C=O) groups excluding carboxylic acids is 1. The molecule has 2 heterocycles. The third kappa shape index (κ3) is 3.19. The topological polar surface area (TPSA) is 96.1 Å². The number of H-pyrrole nitrogens is 1. The van der Waals surface area contributed by atoms with Gasteiger partial charge in [-0.05, 0) is 23.9 Å². The van der Waals surface area contributed by atoms with Crippen molar-refractivity contribution in [2.24, 2.45) is 0 Å². The molecular formula is C15H16N2O4S. The maximum atomic E-state index is 12.0. The van der Waals surface area contributed by atoms with Crippen molar-refractivity contribution in [3.05, 3.63) is 46.2 Å². The minimum absolute atomic E-state index is 0.0210. The Morgan fingerprint density at radius 3 is 2.82 bits per heavy atom. The van der Waals surface area contributed by atoms with E-state index in [1.807, 2.05) is 18.2 Å². The van der Waals surface area contributed by atoms with Crippen LogP contribution in [0.5, 0.6) is 0 Å². The molecule has 1 saturated heterocycles. The maximum Gasteiger partial charge on any atom is 0.252 e. The van der Waals surface area contributed by atoms with E-state index >= 15 is 0 Å². The van der Waals surface area contributed by atoms with Gasteiger partial charge in [-0.2, -0.15) is 0 Å². The Kier molecular flexibility index (Phi) is 3.74. The number of nitrogens with one attached hydrogen (secondary N) is 2. The molecule has 1 aliphatic rings. The second kappa shape index (κ2) is 5.57. The first-order valence-electron chi connectivity index (χ1n) is 7.04. The van der Waals surface area contributed by atoms with Gasteiger partial charge in [0, 0.05) is 17.1 Å². The molecule has 6 nitrogen and oxygen atoms in total. The number of hydrogen-bond acceptors (Lipinski definition) is 4.